The molecule has 0 heterocycles. The highest BCUT2D eigenvalue weighted by Crippen LogP contribution is 1.91. The summed E-state index contributed by atoms with van der Waals surface area (Å²) < 4.78 is 0. The summed E-state index contributed by atoms with van der Waals surface area (Å²) in [5.41, 5.74) is 4.78. The normalized spacial score (nSPS) is 10.0. The SMILES string of the molecule is C=CCN(CCO)CCC(=O)NC(N)=O. The van der Waals surface area contributed by atoms with Gasteiger partial charge >= 0.3 is 6.03 Å². The average molecular weight is 215 g/mol. The highest BCUT2D eigenvalue weighted by molar-refractivity contribution is 5.93. The third-order valence-corrected chi connectivity index (χ3v) is 1.72. The first-order valence-electron chi connectivity index (χ1n) is 4.63. The van der Waals surface area contributed by atoms with E-state index in [1.807, 2.05) is 10.2 Å². The first-order chi connectivity index (χ1) is 7.10. The maximum Gasteiger partial charge on any atom is 0.318 e. The predicted octanol–water partition coefficient (Wildman–Crippen LogP) is -0.948. The lowest BCUT2D eigenvalue weighted by Crippen LogP contribution is -2.37. The van der Waals surface area contributed by atoms with Gasteiger partial charge < -0.3 is 10.8 Å². The van der Waals surface area contributed by atoms with Crippen LogP contribution in [0.4, 0.5) is 4.79 Å². The second kappa shape index (κ2) is 7.95. The van der Waals surface area contributed by atoms with Crippen molar-refractivity contribution in [2.45, 2.75) is 6.42 Å². The molecule has 0 aliphatic carbocycles. The van der Waals surface area contributed by atoms with E-state index in [9.17, 15) is 9.59 Å². The summed E-state index contributed by atoms with van der Waals surface area (Å²) in [7, 11) is 0. The van der Waals surface area contributed by atoms with E-state index in [4.69, 9.17) is 10.8 Å². The minimum Gasteiger partial charge on any atom is -0.395 e. The standard InChI is InChI=1S/C9H17N3O3/c1-2-4-12(6-7-13)5-3-8(14)11-9(10)15/h2,13H,1,3-7H2,(H3,10,11,14,15). The Balaban J connectivity index is 3.81. The van der Waals surface area contributed by atoms with Gasteiger partial charge in [0.25, 0.3) is 0 Å². The van der Waals surface area contributed by atoms with Gasteiger partial charge in [0.1, 0.15) is 0 Å². The Morgan fingerprint density at radius 1 is 1.47 bits per heavy atom. The van der Waals surface area contributed by atoms with Crippen molar-refractivity contribution >= 4 is 11.9 Å². The maximum atomic E-state index is 11.0. The van der Waals surface area contributed by atoms with Crippen molar-refractivity contribution in [1.29, 1.82) is 0 Å². The summed E-state index contributed by atoms with van der Waals surface area (Å²) >= 11 is 0. The van der Waals surface area contributed by atoms with E-state index in [0.717, 1.165) is 0 Å². The second-order valence-electron chi connectivity index (χ2n) is 2.98. The van der Waals surface area contributed by atoms with Gasteiger partial charge in [-0.05, 0) is 0 Å². The van der Waals surface area contributed by atoms with E-state index in [1.54, 1.807) is 6.08 Å². The highest BCUT2D eigenvalue weighted by Gasteiger charge is 2.07. The van der Waals surface area contributed by atoms with Gasteiger partial charge in [0.2, 0.25) is 5.91 Å². The first kappa shape index (κ1) is 13.6. The van der Waals surface area contributed by atoms with Gasteiger partial charge in [-0.15, -0.1) is 6.58 Å². The van der Waals surface area contributed by atoms with Gasteiger partial charge in [-0.3, -0.25) is 15.0 Å². The molecule has 0 unspecified atom stereocenters. The van der Waals surface area contributed by atoms with Gasteiger partial charge in [-0.2, -0.15) is 0 Å². The summed E-state index contributed by atoms with van der Waals surface area (Å²) in [5, 5.41) is 10.7. The minimum absolute atomic E-state index is 0.0191. The number of carbonyl (C=O) groups excluding carboxylic acids is 2. The molecule has 0 rings (SSSR count). The number of hydrogen-bond acceptors (Lipinski definition) is 4. The molecular formula is C9H17N3O3. The molecule has 6 nitrogen and oxygen atoms in total. The van der Waals surface area contributed by atoms with Gasteiger partial charge in [-0.1, -0.05) is 6.08 Å². The van der Waals surface area contributed by atoms with E-state index < -0.39 is 11.9 Å². The molecule has 0 saturated heterocycles. The summed E-state index contributed by atoms with van der Waals surface area (Å²) in [6, 6.07) is -0.850. The third kappa shape index (κ3) is 7.65. The Morgan fingerprint density at radius 2 is 2.13 bits per heavy atom. The molecule has 0 aromatic heterocycles. The van der Waals surface area contributed by atoms with E-state index in [-0.39, 0.29) is 13.0 Å². The molecule has 0 bridgehead atoms. The van der Waals surface area contributed by atoms with Crippen LogP contribution in [-0.2, 0) is 4.79 Å². The fourth-order valence-electron chi connectivity index (χ4n) is 1.08. The number of hydrogen-bond donors (Lipinski definition) is 3. The second-order valence-corrected chi connectivity index (χ2v) is 2.98. The molecular weight excluding hydrogens is 198 g/mol. The van der Waals surface area contributed by atoms with Gasteiger partial charge in [0.05, 0.1) is 6.61 Å². The molecule has 0 saturated carbocycles. The molecule has 86 valence electrons. The molecule has 0 aliphatic heterocycles. The largest absolute Gasteiger partial charge is 0.395 e. The zero-order valence-electron chi connectivity index (χ0n) is 8.61. The van der Waals surface area contributed by atoms with E-state index >= 15 is 0 Å². The number of amides is 3. The number of nitrogens with one attached hydrogen (secondary N) is 1. The number of urea groups is 1. The quantitative estimate of drug-likeness (QED) is 0.477. The molecule has 3 amide bonds. The van der Waals surface area contributed by atoms with Crippen LogP contribution in [0.25, 0.3) is 0 Å². The molecule has 0 spiro atoms. The van der Waals surface area contributed by atoms with Crippen LogP contribution in [0, 0.1) is 0 Å². The van der Waals surface area contributed by atoms with Crippen LogP contribution in [0.3, 0.4) is 0 Å². The van der Waals surface area contributed by atoms with Crippen LogP contribution in [0.1, 0.15) is 6.42 Å². The smallest absolute Gasteiger partial charge is 0.318 e. The number of rotatable bonds is 7. The molecule has 0 aromatic rings. The lowest BCUT2D eigenvalue weighted by Gasteiger charge is -2.18. The monoisotopic (exact) mass is 215 g/mol. The van der Waals surface area contributed by atoms with Crippen LogP contribution in [0.5, 0.6) is 0 Å². The van der Waals surface area contributed by atoms with Crippen molar-refractivity contribution in [3.05, 3.63) is 12.7 Å². The molecule has 0 aromatic carbocycles. The van der Waals surface area contributed by atoms with Crippen molar-refractivity contribution < 1.29 is 14.7 Å². The summed E-state index contributed by atoms with van der Waals surface area (Å²) in [6.45, 7) is 5.09. The molecule has 4 N–H and O–H groups in total. The van der Waals surface area contributed by atoms with Crippen LogP contribution >= 0.6 is 0 Å². The van der Waals surface area contributed by atoms with Crippen molar-refractivity contribution in [3.8, 4) is 0 Å². The molecule has 15 heavy (non-hydrogen) atoms. The number of aliphatic hydroxyl groups excluding tert-OH is 1. The Morgan fingerprint density at radius 3 is 2.60 bits per heavy atom. The number of aliphatic hydroxyl groups is 1. The highest BCUT2D eigenvalue weighted by atomic mass is 16.3. The lowest BCUT2D eigenvalue weighted by atomic mass is 10.3. The molecule has 0 atom stereocenters. The number of carbonyl (C=O) groups is 2. The Hall–Kier alpha value is -1.40. The zero-order valence-corrected chi connectivity index (χ0v) is 8.61. The zero-order chi connectivity index (χ0) is 11.7. The first-order valence-corrected chi connectivity index (χ1v) is 4.63. The minimum atomic E-state index is -0.850. The van der Waals surface area contributed by atoms with E-state index in [0.29, 0.717) is 19.6 Å². The fraction of sp³-hybridized carbons (Fsp3) is 0.556. The van der Waals surface area contributed by atoms with E-state index in [2.05, 4.69) is 6.58 Å². The van der Waals surface area contributed by atoms with E-state index in [1.165, 1.54) is 0 Å². The molecule has 0 radical (unpaired) electrons. The Kier molecular flexibility index (Phi) is 7.21. The number of imide groups is 1. The van der Waals surface area contributed by atoms with Crippen LogP contribution in [0.15, 0.2) is 12.7 Å². The van der Waals surface area contributed by atoms with Gasteiger partial charge in [-0.25, -0.2) is 4.79 Å². The Labute approximate surface area is 88.7 Å². The van der Waals surface area contributed by atoms with Crippen molar-refractivity contribution in [2.75, 3.05) is 26.2 Å². The Bertz CT molecular complexity index is 231. The topological polar surface area (TPSA) is 95.7 Å². The van der Waals surface area contributed by atoms with Crippen molar-refractivity contribution in [1.82, 2.24) is 10.2 Å². The van der Waals surface area contributed by atoms with Gasteiger partial charge in [0, 0.05) is 26.1 Å². The summed E-state index contributed by atoms with van der Waals surface area (Å²) in [5.74, 6) is -0.422. The van der Waals surface area contributed by atoms with Crippen LogP contribution in [0.2, 0.25) is 0 Å². The summed E-state index contributed by atoms with van der Waals surface area (Å²) in [6.07, 6.45) is 1.85. The molecule has 0 aliphatic rings. The lowest BCUT2D eigenvalue weighted by molar-refractivity contribution is -0.120. The third-order valence-electron chi connectivity index (χ3n) is 1.72. The fourth-order valence-corrected chi connectivity index (χ4v) is 1.08. The maximum absolute atomic E-state index is 11.0. The molecule has 6 heteroatoms. The number of nitrogens with zero attached hydrogens (tertiary/aromatic N) is 1. The van der Waals surface area contributed by atoms with Gasteiger partial charge in [0.15, 0.2) is 0 Å². The molecule has 0 fully saturated rings. The van der Waals surface area contributed by atoms with Crippen LogP contribution in [-0.4, -0.2) is 48.2 Å². The summed E-state index contributed by atoms with van der Waals surface area (Å²) in [4.78, 5) is 23.2. The van der Waals surface area contributed by atoms with Crippen molar-refractivity contribution in [2.24, 2.45) is 5.73 Å². The van der Waals surface area contributed by atoms with Crippen LogP contribution < -0.4 is 11.1 Å². The van der Waals surface area contributed by atoms with Crippen molar-refractivity contribution in [3.63, 3.8) is 0 Å². The number of primary amides is 1. The predicted molar refractivity (Wildman–Crippen MR) is 56.1 cm³/mol. The average Bonchev–Trinajstić information content (AvgIpc) is 2.14. The number of nitrogens with two attached hydrogens (primary N) is 1.